The van der Waals surface area contributed by atoms with E-state index >= 15 is 0 Å². The minimum atomic E-state index is -4.69. The van der Waals surface area contributed by atoms with Crippen LogP contribution >= 0.6 is 0 Å². The third-order valence-corrected chi connectivity index (χ3v) is 6.11. The molecule has 0 fully saturated rings. The van der Waals surface area contributed by atoms with Gasteiger partial charge in [0.2, 0.25) is 0 Å². The number of hydrogen-bond donors (Lipinski definition) is 1. The Kier molecular flexibility index (Phi) is 5.32. The maximum atomic E-state index is 14.0. The zero-order valence-corrected chi connectivity index (χ0v) is 13.3. The van der Waals surface area contributed by atoms with Crippen LogP contribution in [0.4, 0.5) is 17.6 Å². The van der Waals surface area contributed by atoms with Crippen LogP contribution in [0.2, 0.25) is 0 Å². The maximum Gasteiger partial charge on any atom is 0.419 e. The predicted octanol–water partition coefficient (Wildman–Crippen LogP) is 4.29. The summed E-state index contributed by atoms with van der Waals surface area (Å²) in [5.74, 6) is -1.24. The quantitative estimate of drug-likeness (QED) is 0.831. The predicted molar refractivity (Wildman–Crippen MR) is 77.4 cm³/mol. The molecule has 0 amide bonds. The first-order valence-electron chi connectivity index (χ1n) is 5.98. The van der Waals surface area contributed by atoms with E-state index in [0.717, 1.165) is 6.07 Å². The highest BCUT2D eigenvalue weighted by Gasteiger charge is 2.35. The van der Waals surface area contributed by atoms with Gasteiger partial charge in [0.15, 0.2) is 0 Å². The van der Waals surface area contributed by atoms with E-state index in [-0.39, 0.29) is 10.3 Å². The van der Waals surface area contributed by atoms with E-state index in [2.05, 4.69) is 4.72 Å². The van der Waals surface area contributed by atoms with Crippen LogP contribution < -0.4 is 4.72 Å². The molecule has 0 radical (unpaired) electrons. The molecule has 0 unspecified atom stereocenters. The monoisotopic (exact) mass is 327 g/mol. The maximum absolute atomic E-state index is 14.0. The molecule has 20 heavy (non-hydrogen) atoms. The molecule has 0 aliphatic rings. The lowest BCUT2D eigenvalue weighted by Crippen LogP contribution is -2.34. The number of nitrogens with one attached hydrogen (secondary N) is 1. The van der Waals surface area contributed by atoms with Crippen LogP contribution in [0.5, 0.6) is 0 Å². The van der Waals surface area contributed by atoms with Gasteiger partial charge in [-0.3, -0.25) is 4.72 Å². The highest BCUT2D eigenvalue weighted by molar-refractivity contribution is 8.28. The molecule has 1 aromatic carbocycles. The van der Waals surface area contributed by atoms with Crippen LogP contribution in [0, 0.1) is 5.82 Å². The van der Waals surface area contributed by atoms with Crippen molar-refractivity contribution in [3.8, 4) is 0 Å². The van der Waals surface area contributed by atoms with E-state index in [1.165, 1.54) is 12.1 Å². The van der Waals surface area contributed by atoms with Crippen molar-refractivity contribution in [2.24, 2.45) is 0 Å². The van der Waals surface area contributed by atoms with E-state index in [9.17, 15) is 17.6 Å². The van der Waals surface area contributed by atoms with Gasteiger partial charge in [0.05, 0.1) is 5.56 Å². The third kappa shape index (κ3) is 4.23. The summed E-state index contributed by atoms with van der Waals surface area (Å²) in [5.41, 5.74) is -1.27. The van der Waals surface area contributed by atoms with E-state index in [1.807, 2.05) is 20.8 Å². The van der Waals surface area contributed by atoms with Gasteiger partial charge < -0.3 is 0 Å². The summed E-state index contributed by atoms with van der Waals surface area (Å²) in [5, 5.41) is 0. The number of benzene rings is 1. The molecule has 1 N–H and O–H groups in total. The van der Waals surface area contributed by atoms with Gasteiger partial charge >= 0.3 is 6.18 Å². The van der Waals surface area contributed by atoms with Gasteiger partial charge in [-0.1, -0.05) is 12.1 Å². The fourth-order valence-corrected chi connectivity index (χ4v) is 2.74. The van der Waals surface area contributed by atoms with Crippen LogP contribution in [0.25, 0.3) is 0 Å². The van der Waals surface area contributed by atoms with Crippen molar-refractivity contribution in [2.45, 2.75) is 44.7 Å². The lowest BCUT2D eigenvalue weighted by Gasteiger charge is -2.26. The fourth-order valence-electron chi connectivity index (χ4n) is 1.50. The second-order valence-corrected chi connectivity index (χ2v) is 8.43. The number of rotatable bonds is 3. The molecular formula is C13H17F4NS2. The van der Waals surface area contributed by atoms with Crippen molar-refractivity contribution in [1.29, 1.82) is 0 Å². The van der Waals surface area contributed by atoms with Crippen LogP contribution in [0.3, 0.4) is 0 Å². The Balaban J connectivity index is 3.07. The van der Waals surface area contributed by atoms with Gasteiger partial charge in [0, 0.05) is 16.4 Å². The lowest BCUT2D eigenvalue weighted by atomic mass is 10.0. The average molecular weight is 327 g/mol. The molecule has 1 nitrogen and oxygen atoms in total. The SMILES string of the molecule is C[C@H](N[S@@](=S)C(C)(C)C)c1cccc(C(F)(F)F)c1F. The summed E-state index contributed by atoms with van der Waals surface area (Å²) in [7, 11) is -0.669. The average Bonchev–Trinajstić information content (AvgIpc) is 2.26. The zero-order chi connectivity index (χ0) is 15.7. The van der Waals surface area contributed by atoms with Crippen LogP contribution in [-0.2, 0) is 27.0 Å². The number of alkyl halides is 3. The normalized spacial score (nSPS) is 16.0. The molecule has 0 saturated heterocycles. The molecule has 0 spiro atoms. The molecule has 0 aliphatic heterocycles. The molecule has 114 valence electrons. The Labute approximate surface area is 123 Å². The molecule has 1 aromatic rings. The van der Waals surface area contributed by atoms with Crippen molar-refractivity contribution in [3.63, 3.8) is 0 Å². The third-order valence-electron chi connectivity index (χ3n) is 2.64. The summed E-state index contributed by atoms with van der Waals surface area (Å²) >= 11 is 5.27. The zero-order valence-electron chi connectivity index (χ0n) is 11.6. The minimum Gasteiger partial charge on any atom is -0.253 e. The molecule has 0 aromatic heterocycles. The Bertz CT molecular complexity index is 506. The summed E-state index contributed by atoms with van der Waals surface area (Å²) in [6.07, 6.45) is -4.69. The molecule has 0 heterocycles. The Hall–Kier alpha value is -0.530. The summed E-state index contributed by atoms with van der Waals surface area (Å²) in [6, 6.07) is 2.70. The molecule has 0 aliphatic carbocycles. The topological polar surface area (TPSA) is 12.0 Å². The molecule has 1 rings (SSSR count). The minimum absolute atomic E-state index is 0.0218. The molecular weight excluding hydrogens is 310 g/mol. The van der Waals surface area contributed by atoms with Gasteiger partial charge in [-0.2, -0.15) is 13.2 Å². The van der Waals surface area contributed by atoms with E-state index in [4.69, 9.17) is 11.2 Å². The highest BCUT2D eigenvalue weighted by atomic mass is 32.8. The second-order valence-electron chi connectivity index (χ2n) is 5.43. The number of hydrogen-bond acceptors (Lipinski definition) is 1. The fraction of sp³-hybridized carbons (Fsp3) is 0.538. The summed E-state index contributed by atoms with van der Waals surface area (Å²) in [4.78, 5) is 0. The number of halogens is 4. The van der Waals surface area contributed by atoms with Crippen LogP contribution in [0.1, 0.15) is 44.9 Å². The molecule has 7 heteroatoms. The Morgan fingerprint density at radius 2 is 1.75 bits per heavy atom. The van der Waals surface area contributed by atoms with Crippen LogP contribution in [-0.4, -0.2) is 4.75 Å². The van der Waals surface area contributed by atoms with Crippen molar-refractivity contribution in [2.75, 3.05) is 0 Å². The lowest BCUT2D eigenvalue weighted by molar-refractivity contribution is -0.140. The van der Waals surface area contributed by atoms with Gasteiger partial charge in [0.1, 0.15) is 5.82 Å². The highest BCUT2D eigenvalue weighted by Crippen LogP contribution is 2.34. The smallest absolute Gasteiger partial charge is 0.253 e. The van der Waals surface area contributed by atoms with Gasteiger partial charge in [-0.25, -0.2) is 4.39 Å². The molecule has 0 saturated carbocycles. The van der Waals surface area contributed by atoms with Crippen molar-refractivity contribution in [1.82, 2.24) is 4.72 Å². The van der Waals surface area contributed by atoms with E-state index in [0.29, 0.717) is 0 Å². The summed E-state index contributed by atoms with van der Waals surface area (Å²) < 4.78 is 54.7. The standard InChI is InChI=1S/C13H17F4NS2/c1-8(18-20(19)12(2,3)4)9-6-5-7-10(11(9)14)13(15,16)17/h5-8,18H,1-4H3/t8-,20-/m0/s1. The van der Waals surface area contributed by atoms with Crippen molar-refractivity contribution < 1.29 is 17.6 Å². The summed E-state index contributed by atoms with van der Waals surface area (Å²) in [6.45, 7) is 7.37. The second kappa shape index (κ2) is 6.07. The van der Waals surface area contributed by atoms with Gasteiger partial charge in [-0.15, -0.1) is 0 Å². The van der Waals surface area contributed by atoms with Gasteiger partial charge in [-0.05, 0) is 54.6 Å². The first-order chi connectivity index (χ1) is 8.94. The Morgan fingerprint density at radius 1 is 1.20 bits per heavy atom. The first kappa shape index (κ1) is 17.5. The molecule has 2 atom stereocenters. The van der Waals surface area contributed by atoms with Crippen LogP contribution in [0.15, 0.2) is 18.2 Å². The Morgan fingerprint density at radius 3 is 2.20 bits per heavy atom. The van der Waals surface area contributed by atoms with Gasteiger partial charge in [0.25, 0.3) is 0 Å². The van der Waals surface area contributed by atoms with Crippen molar-refractivity contribution >= 4 is 20.8 Å². The van der Waals surface area contributed by atoms with Crippen molar-refractivity contribution in [3.05, 3.63) is 35.1 Å². The first-order valence-corrected chi connectivity index (χ1v) is 8.13. The molecule has 0 bridgehead atoms. The van der Waals surface area contributed by atoms with E-state index < -0.39 is 33.2 Å². The van der Waals surface area contributed by atoms with E-state index in [1.54, 1.807) is 6.92 Å². The largest absolute Gasteiger partial charge is 0.419 e.